The van der Waals surface area contributed by atoms with Crippen LogP contribution in [0.25, 0.3) is 32.0 Å². The lowest BCUT2D eigenvalue weighted by atomic mass is 9.93. The highest BCUT2D eigenvalue weighted by Crippen LogP contribution is 2.34. The van der Waals surface area contributed by atoms with E-state index in [1.807, 2.05) is 41.0 Å². The second-order valence-electron chi connectivity index (χ2n) is 11.8. The standard InChI is InChI=1S/C20H19FN4OS.C12H15BrN4O/c21-13-1-6-17-12(9-13)10-18(27-17)16-11-22-20-8-7-19(24-25(16)20)23-14-2-4-15(26)5-3-14;13-10-7-14-12-6-5-11(16-17(10)12)15-8-1-3-9(18)4-2-8/h1,6-11,14-15,26H,2-5H2,(H,23,24);5-9,18H,1-4H2,(H,15,16). The average Bonchev–Trinajstić information content (AvgIpc) is 3.76. The molecule has 0 aliphatic heterocycles. The van der Waals surface area contributed by atoms with Gasteiger partial charge >= 0.3 is 0 Å². The van der Waals surface area contributed by atoms with Crippen LogP contribution < -0.4 is 10.6 Å². The third-order valence-electron chi connectivity index (χ3n) is 8.51. The molecule has 1 aromatic carbocycles. The van der Waals surface area contributed by atoms with Gasteiger partial charge in [-0.3, -0.25) is 0 Å². The Kier molecular flexibility index (Phi) is 8.67. The zero-order valence-electron chi connectivity index (χ0n) is 24.5. The molecule has 0 unspecified atom stereocenters. The predicted octanol–water partition coefficient (Wildman–Crippen LogP) is 6.67. The van der Waals surface area contributed by atoms with Gasteiger partial charge in [-0.15, -0.1) is 21.5 Å². The maximum absolute atomic E-state index is 13.5. The number of halogens is 2. The molecule has 2 aliphatic rings. The van der Waals surface area contributed by atoms with Gasteiger partial charge in [0.25, 0.3) is 0 Å². The Morgan fingerprint density at radius 2 is 1.31 bits per heavy atom. The number of imidazole rings is 2. The number of rotatable bonds is 5. The topological polar surface area (TPSA) is 125 Å². The number of hydrogen-bond donors (Lipinski definition) is 4. The zero-order chi connectivity index (χ0) is 30.9. The number of nitrogens with zero attached hydrogens (tertiary/aromatic N) is 6. The second kappa shape index (κ2) is 13.0. The van der Waals surface area contributed by atoms with E-state index in [1.54, 1.807) is 34.2 Å². The molecular weight excluding hydrogens is 659 g/mol. The molecule has 0 saturated heterocycles. The first kappa shape index (κ1) is 30.0. The van der Waals surface area contributed by atoms with Gasteiger partial charge in [-0.2, -0.15) is 0 Å². The molecule has 0 radical (unpaired) electrons. The zero-order valence-corrected chi connectivity index (χ0v) is 26.9. The summed E-state index contributed by atoms with van der Waals surface area (Å²) in [5, 5.41) is 36.1. The molecule has 0 atom stereocenters. The van der Waals surface area contributed by atoms with Crippen molar-refractivity contribution in [1.29, 1.82) is 0 Å². The van der Waals surface area contributed by atoms with Gasteiger partial charge in [-0.1, -0.05) is 0 Å². The minimum atomic E-state index is -0.229. The van der Waals surface area contributed by atoms with E-state index in [1.165, 1.54) is 6.07 Å². The Balaban J connectivity index is 0.000000157. The minimum absolute atomic E-state index is 0.124. The molecule has 234 valence electrons. The number of aliphatic hydroxyl groups excluding tert-OH is 2. The van der Waals surface area contributed by atoms with Gasteiger partial charge in [0.2, 0.25) is 0 Å². The number of aromatic nitrogens is 6. The maximum atomic E-state index is 13.5. The maximum Gasteiger partial charge on any atom is 0.154 e. The van der Waals surface area contributed by atoms with Crippen molar-refractivity contribution in [3.63, 3.8) is 0 Å². The van der Waals surface area contributed by atoms with E-state index in [0.29, 0.717) is 12.1 Å². The molecule has 2 saturated carbocycles. The first-order valence-corrected chi connectivity index (χ1v) is 16.9. The van der Waals surface area contributed by atoms with Gasteiger partial charge in [0, 0.05) is 16.8 Å². The number of thiophene rings is 1. The number of anilines is 2. The SMILES string of the molecule is OC1CCC(Nc2ccc3ncc(-c4cc5cc(F)ccc5s4)n3n2)CC1.OC1CCC(Nc2ccc3ncc(Br)n3n2)CC1. The molecule has 5 aromatic heterocycles. The summed E-state index contributed by atoms with van der Waals surface area (Å²) in [5.74, 6) is 1.42. The number of hydrogen-bond acceptors (Lipinski definition) is 9. The van der Waals surface area contributed by atoms with Gasteiger partial charge in [-0.25, -0.2) is 23.4 Å². The Morgan fingerprint density at radius 3 is 1.96 bits per heavy atom. The quantitative estimate of drug-likeness (QED) is 0.158. The third kappa shape index (κ3) is 6.81. The van der Waals surface area contributed by atoms with E-state index in [-0.39, 0.29) is 18.0 Å². The van der Waals surface area contributed by atoms with Gasteiger partial charge < -0.3 is 20.8 Å². The van der Waals surface area contributed by atoms with Crippen molar-refractivity contribution < 1.29 is 14.6 Å². The number of aliphatic hydroxyl groups is 2. The lowest BCUT2D eigenvalue weighted by molar-refractivity contribution is 0.125. The fraction of sp³-hybridized carbons (Fsp3) is 0.375. The molecule has 0 amide bonds. The summed E-state index contributed by atoms with van der Waals surface area (Å²) >= 11 is 5.02. The third-order valence-corrected chi connectivity index (χ3v) is 10.2. The summed E-state index contributed by atoms with van der Waals surface area (Å²) in [6.07, 6.45) is 10.5. The second-order valence-corrected chi connectivity index (χ2v) is 13.7. The first-order chi connectivity index (χ1) is 21.9. The van der Waals surface area contributed by atoms with Crippen molar-refractivity contribution in [2.75, 3.05) is 10.6 Å². The van der Waals surface area contributed by atoms with Gasteiger partial charge in [-0.05, 0) is 121 Å². The molecule has 5 heterocycles. The summed E-state index contributed by atoms with van der Waals surface area (Å²) in [6, 6.07) is 15.3. The molecule has 2 fully saturated rings. The van der Waals surface area contributed by atoms with Crippen LogP contribution in [0.1, 0.15) is 51.4 Å². The summed E-state index contributed by atoms with van der Waals surface area (Å²) in [7, 11) is 0. The van der Waals surface area contributed by atoms with Gasteiger partial charge in [0.1, 0.15) is 27.8 Å². The summed E-state index contributed by atoms with van der Waals surface area (Å²) in [4.78, 5) is 9.67. The molecule has 8 rings (SSSR count). The lowest BCUT2D eigenvalue weighted by Crippen LogP contribution is -2.28. The Hall–Kier alpha value is -3.65. The number of nitrogens with one attached hydrogen (secondary N) is 2. The van der Waals surface area contributed by atoms with E-state index in [2.05, 4.69) is 41.6 Å². The summed E-state index contributed by atoms with van der Waals surface area (Å²) in [6.45, 7) is 0. The smallest absolute Gasteiger partial charge is 0.154 e. The molecule has 0 spiro atoms. The van der Waals surface area contributed by atoms with Crippen LogP contribution in [0, 0.1) is 5.82 Å². The highest BCUT2D eigenvalue weighted by molar-refractivity contribution is 9.10. The van der Waals surface area contributed by atoms with Crippen LogP contribution in [0.4, 0.5) is 16.0 Å². The first-order valence-electron chi connectivity index (χ1n) is 15.3. The van der Waals surface area contributed by atoms with E-state index in [9.17, 15) is 14.6 Å². The minimum Gasteiger partial charge on any atom is -0.393 e. The highest BCUT2D eigenvalue weighted by Gasteiger charge is 2.21. The van der Waals surface area contributed by atoms with Crippen molar-refractivity contribution >= 4 is 60.3 Å². The number of benzene rings is 1. The molecule has 4 N–H and O–H groups in total. The predicted molar refractivity (Wildman–Crippen MR) is 178 cm³/mol. The normalized spacial score (nSPS) is 22.0. The summed E-state index contributed by atoms with van der Waals surface area (Å²) in [5.41, 5.74) is 2.50. The average molecular weight is 694 g/mol. The Morgan fingerprint density at radius 1 is 0.733 bits per heavy atom. The van der Waals surface area contributed by atoms with Crippen LogP contribution in [0.5, 0.6) is 0 Å². The van der Waals surface area contributed by atoms with Crippen LogP contribution in [0.15, 0.2) is 65.5 Å². The van der Waals surface area contributed by atoms with Crippen molar-refractivity contribution in [2.24, 2.45) is 0 Å². The lowest BCUT2D eigenvalue weighted by Gasteiger charge is -2.26. The molecule has 13 heteroatoms. The largest absolute Gasteiger partial charge is 0.393 e. The van der Waals surface area contributed by atoms with E-state index < -0.39 is 0 Å². The van der Waals surface area contributed by atoms with Gasteiger partial charge in [0.05, 0.1) is 29.5 Å². The Labute approximate surface area is 271 Å². The number of fused-ring (bicyclic) bond motifs is 3. The van der Waals surface area contributed by atoms with Crippen molar-refractivity contribution in [3.05, 3.63) is 71.3 Å². The van der Waals surface area contributed by atoms with Crippen LogP contribution in [0.3, 0.4) is 0 Å². The highest BCUT2D eigenvalue weighted by atomic mass is 79.9. The molecule has 10 nitrogen and oxygen atoms in total. The molecule has 2 aliphatic carbocycles. The summed E-state index contributed by atoms with van der Waals surface area (Å²) < 4.78 is 19.0. The van der Waals surface area contributed by atoms with Gasteiger partial charge in [0.15, 0.2) is 11.3 Å². The van der Waals surface area contributed by atoms with Crippen LogP contribution in [-0.2, 0) is 0 Å². The van der Waals surface area contributed by atoms with Crippen LogP contribution >= 0.6 is 27.3 Å². The monoisotopic (exact) mass is 692 g/mol. The van der Waals surface area contributed by atoms with E-state index in [0.717, 1.165) is 99.6 Å². The molecule has 0 bridgehead atoms. The van der Waals surface area contributed by atoms with E-state index in [4.69, 9.17) is 5.10 Å². The fourth-order valence-corrected chi connectivity index (χ4v) is 7.44. The van der Waals surface area contributed by atoms with Crippen LogP contribution in [0.2, 0.25) is 0 Å². The van der Waals surface area contributed by atoms with Crippen molar-refractivity contribution in [2.45, 2.75) is 75.7 Å². The van der Waals surface area contributed by atoms with E-state index >= 15 is 0 Å². The van der Waals surface area contributed by atoms with Crippen LogP contribution in [-0.4, -0.2) is 63.7 Å². The van der Waals surface area contributed by atoms with Crippen molar-refractivity contribution in [1.82, 2.24) is 29.2 Å². The molecule has 45 heavy (non-hydrogen) atoms. The Bertz CT molecular complexity index is 1930. The molecular formula is C32H34BrFN8O2S. The fourth-order valence-electron chi connectivity index (χ4n) is 6.04. The molecule has 6 aromatic rings. The van der Waals surface area contributed by atoms with Crippen molar-refractivity contribution in [3.8, 4) is 10.6 Å².